The quantitative estimate of drug-likeness (QED) is 0.282. The van der Waals surface area contributed by atoms with Crippen LogP contribution in [0.4, 0.5) is 17.1 Å². The lowest BCUT2D eigenvalue weighted by Gasteiger charge is -2.31. The molecular weight excluding hydrogens is 406 g/mol. The second-order valence-electron chi connectivity index (χ2n) is 7.44. The van der Waals surface area contributed by atoms with Crippen LogP contribution in [0.25, 0.3) is 0 Å². The zero-order valence-corrected chi connectivity index (χ0v) is 16.9. The highest BCUT2D eigenvalue weighted by Crippen LogP contribution is 2.32. The number of ether oxygens (including phenoxy) is 1. The van der Waals surface area contributed by atoms with Crippen molar-refractivity contribution in [3.8, 4) is 0 Å². The number of anilines is 1. The third kappa shape index (κ3) is 5.21. The molecule has 0 amide bonds. The minimum atomic E-state index is -0.888. The number of hydrogen-bond acceptors (Lipinski definition) is 8. The van der Waals surface area contributed by atoms with E-state index < -0.39 is 28.2 Å². The summed E-state index contributed by atoms with van der Waals surface area (Å²) in [6, 6.07) is 9.17. The summed E-state index contributed by atoms with van der Waals surface area (Å²) >= 11 is 0. The Bertz CT molecular complexity index is 1030. The number of ketones is 1. The van der Waals surface area contributed by atoms with Crippen LogP contribution in [0.5, 0.6) is 0 Å². The summed E-state index contributed by atoms with van der Waals surface area (Å²) in [5.74, 6) is -0.945. The van der Waals surface area contributed by atoms with Gasteiger partial charge in [-0.15, -0.1) is 0 Å². The molecule has 10 heteroatoms. The maximum atomic E-state index is 12.3. The van der Waals surface area contributed by atoms with E-state index in [1.54, 1.807) is 0 Å². The molecule has 2 aromatic carbocycles. The van der Waals surface area contributed by atoms with E-state index in [1.807, 2.05) is 4.90 Å². The van der Waals surface area contributed by atoms with Gasteiger partial charge in [-0.1, -0.05) is 19.1 Å². The summed E-state index contributed by atoms with van der Waals surface area (Å²) in [5, 5.41) is 22.4. The second kappa shape index (κ2) is 9.33. The molecule has 10 nitrogen and oxygen atoms in total. The molecule has 0 N–H and O–H groups in total. The Balaban J connectivity index is 1.71. The van der Waals surface area contributed by atoms with Crippen LogP contribution in [0.2, 0.25) is 0 Å². The molecule has 1 fully saturated rings. The van der Waals surface area contributed by atoms with Crippen LogP contribution < -0.4 is 4.90 Å². The number of hydrogen-bond donors (Lipinski definition) is 0. The molecule has 1 aliphatic heterocycles. The van der Waals surface area contributed by atoms with Crippen LogP contribution in [0.1, 0.15) is 40.5 Å². The van der Waals surface area contributed by atoms with Crippen molar-refractivity contribution < 1.29 is 24.2 Å². The summed E-state index contributed by atoms with van der Waals surface area (Å²) in [6.45, 7) is 2.90. The smallest absolute Gasteiger partial charge is 0.338 e. The summed E-state index contributed by atoms with van der Waals surface area (Å²) in [5.41, 5.74) is -0.0269. The summed E-state index contributed by atoms with van der Waals surface area (Å²) < 4.78 is 4.98. The minimum Gasteiger partial charge on any atom is -0.454 e. The van der Waals surface area contributed by atoms with E-state index in [4.69, 9.17) is 4.74 Å². The SMILES string of the molecule is CC1CCN(c2ccc(C(=O)OCC(=O)c3cccc([N+](=O)[O-])c3)cc2[N+](=O)[O-])CC1. The van der Waals surface area contributed by atoms with Crippen LogP contribution in [0.15, 0.2) is 42.5 Å². The number of nitro groups is 2. The van der Waals surface area contributed by atoms with Gasteiger partial charge in [-0.25, -0.2) is 4.79 Å². The van der Waals surface area contributed by atoms with Gasteiger partial charge in [0.2, 0.25) is 5.78 Å². The maximum Gasteiger partial charge on any atom is 0.338 e. The first-order valence-corrected chi connectivity index (χ1v) is 9.74. The highest BCUT2D eigenvalue weighted by atomic mass is 16.6. The third-order valence-electron chi connectivity index (χ3n) is 5.25. The number of nitrogens with zero attached hydrogens (tertiary/aromatic N) is 3. The Hall–Kier alpha value is -3.82. The van der Waals surface area contributed by atoms with Crippen molar-refractivity contribution in [3.63, 3.8) is 0 Å². The average Bonchev–Trinajstić information content (AvgIpc) is 2.77. The summed E-state index contributed by atoms with van der Waals surface area (Å²) in [7, 11) is 0. The fourth-order valence-electron chi connectivity index (χ4n) is 3.40. The lowest BCUT2D eigenvalue weighted by atomic mass is 9.98. The number of Topliss-reactive ketones (excluding diaryl/α,β-unsaturated/α-hetero) is 1. The van der Waals surface area contributed by atoms with Crippen molar-refractivity contribution in [3.05, 3.63) is 73.8 Å². The van der Waals surface area contributed by atoms with Gasteiger partial charge in [-0.3, -0.25) is 25.0 Å². The number of esters is 1. The molecule has 0 spiro atoms. The van der Waals surface area contributed by atoms with Crippen LogP contribution in [-0.2, 0) is 4.74 Å². The van der Waals surface area contributed by atoms with E-state index in [-0.39, 0.29) is 22.5 Å². The van der Waals surface area contributed by atoms with Crippen LogP contribution >= 0.6 is 0 Å². The Morgan fingerprint density at radius 3 is 2.39 bits per heavy atom. The Labute approximate surface area is 177 Å². The molecule has 162 valence electrons. The number of benzene rings is 2. The molecule has 0 radical (unpaired) electrons. The van der Waals surface area contributed by atoms with E-state index in [0.717, 1.165) is 25.0 Å². The van der Waals surface area contributed by atoms with Crippen molar-refractivity contribution in [1.29, 1.82) is 0 Å². The number of rotatable bonds is 7. The molecule has 0 saturated carbocycles. The van der Waals surface area contributed by atoms with Crippen molar-refractivity contribution >= 4 is 28.8 Å². The second-order valence-corrected chi connectivity index (χ2v) is 7.44. The number of carbonyl (C=O) groups is 2. The Morgan fingerprint density at radius 2 is 1.74 bits per heavy atom. The van der Waals surface area contributed by atoms with Gasteiger partial charge in [0, 0.05) is 36.9 Å². The average molecular weight is 427 g/mol. The zero-order chi connectivity index (χ0) is 22.5. The summed E-state index contributed by atoms with van der Waals surface area (Å²) in [4.78, 5) is 47.7. The van der Waals surface area contributed by atoms with Gasteiger partial charge < -0.3 is 9.64 Å². The maximum absolute atomic E-state index is 12.3. The first-order valence-electron chi connectivity index (χ1n) is 9.74. The first-order chi connectivity index (χ1) is 14.8. The van der Waals surface area contributed by atoms with Gasteiger partial charge >= 0.3 is 5.97 Å². The van der Waals surface area contributed by atoms with Crippen LogP contribution in [-0.4, -0.2) is 41.3 Å². The Kier molecular flexibility index (Phi) is 6.58. The minimum absolute atomic E-state index is 0.0302. The first kappa shape index (κ1) is 21.9. The predicted molar refractivity (Wildman–Crippen MR) is 111 cm³/mol. The lowest BCUT2D eigenvalue weighted by molar-refractivity contribution is -0.384. The normalized spacial score (nSPS) is 14.2. The fourth-order valence-corrected chi connectivity index (χ4v) is 3.40. The van der Waals surface area contributed by atoms with Gasteiger partial charge in [0.25, 0.3) is 11.4 Å². The molecule has 2 aromatic rings. The van der Waals surface area contributed by atoms with Gasteiger partial charge in [-0.2, -0.15) is 0 Å². The van der Waals surface area contributed by atoms with E-state index in [2.05, 4.69) is 6.92 Å². The topological polar surface area (TPSA) is 133 Å². The van der Waals surface area contributed by atoms with Gasteiger partial charge in [-0.05, 0) is 30.9 Å². The monoisotopic (exact) mass is 427 g/mol. The molecule has 1 heterocycles. The van der Waals surface area contributed by atoms with Gasteiger partial charge in [0.1, 0.15) is 5.69 Å². The zero-order valence-electron chi connectivity index (χ0n) is 16.9. The highest BCUT2D eigenvalue weighted by Gasteiger charge is 2.25. The van der Waals surface area contributed by atoms with E-state index in [9.17, 15) is 29.8 Å². The molecule has 0 aliphatic carbocycles. The molecule has 1 saturated heterocycles. The van der Waals surface area contributed by atoms with E-state index in [1.165, 1.54) is 30.3 Å². The molecule has 1 aliphatic rings. The van der Waals surface area contributed by atoms with Crippen molar-refractivity contribution in [2.75, 3.05) is 24.6 Å². The third-order valence-corrected chi connectivity index (χ3v) is 5.25. The molecule has 31 heavy (non-hydrogen) atoms. The highest BCUT2D eigenvalue weighted by molar-refractivity contribution is 6.00. The van der Waals surface area contributed by atoms with Gasteiger partial charge in [0.05, 0.1) is 15.4 Å². The molecule has 3 rings (SSSR count). The Morgan fingerprint density at radius 1 is 1.03 bits per heavy atom. The fraction of sp³-hybridized carbons (Fsp3) is 0.333. The molecule has 0 unspecified atom stereocenters. The number of piperidine rings is 1. The van der Waals surface area contributed by atoms with E-state index >= 15 is 0 Å². The largest absolute Gasteiger partial charge is 0.454 e. The number of nitro benzene ring substituents is 2. The predicted octanol–water partition coefficient (Wildman–Crippen LogP) is 3.78. The molecule has 0 bridgehead atoms. The van der Waals surface area contributed by atoms with Gasteiger partial charge in [0.15, 0.2) is 6.61 Å². The standard InChI is InChI=1S/C21H21N3O7/c1-14-7-9-22(10-8-14)18-6-5-16(12-19(18)24(29)30)21(26)31-13-20(25)15-3-2-4-17(11-15)23(27)28/h2-6,11-12,14H,7-10,13H2,1H3. The van der Waals surface area contributed by atoms with Crippen molar-refractivity contribution in [2.45, 2.75) is 19.8 Å². The number of non-ortho nitro benzene ring substituents is 1. The van der Waals surface area contributed by atoms with Crippen molar-refractivity contribution in [2.24, 2.45) is 5.92 Å². The molecule has 0 aromatic heterocycles. The lowest BCUT2D eigenvalue weighted by Crippen LogP contribution is -2.33. The van der Waals surface area contributed by atoms with Crippen molar-refractivity contribution in [1.82, 2.24) is 0 Å². The molecular formula is C21H21N3O7. The van der Waals surface area contributed by atoms with Crippen LogP contribution in [0.3, 0.4) is 0 Å². The summed E-state index contributed by atoms with van der Waals surface area (Å²) in [6.07, 6.45) is 1.86. The molecule has 0 atom stereocenters. The number of carbonyl (C=O) groups excluding carboxylic acids is 2. The van der Waals surface area contributed by atoms with E-state index in [0.29, 0.717) is 24.7 Å². The van der Waals surface area contributed by atoms with Crippen LogP contribution in [0, 0.1) is 26.1 Å².